The van der Waals surface area contributed by atoms with Crippen molar-refractivity contribution in [2.24, 2.45) is 5.73 Å². The van der Waals surface area contributed by atoms with Gasteiger partial charge in [0.05, 0.1) is 5.92 Å². The van der Waals surface area contributed by atoms with Crippen molar-refractivity contribution in [1.29, 1.82) is 0 Å². The van der Waals surface area contributed by atoms with Crippen LogP contribution in [0.1, 0.15) is 57.6 Å². The summed E-state index contributed by atoms with van der Waals surface area (Å²) in [6, 6.07) is 8.26. The molecule has 2 nitrogen and oxygen atoms in total. The number of benzene rings is 1. The largest absolute Gasteiger partial charge is 0.369 e. The van der Waals surface area contributed by atoms with E-state index in [1.54, 1.807) is 0 Å². The normalized spacial score (nSPS) is 13.4. The minimum Gasteiger partial charge on any atom is -0.369 e. The SMILES string of the molecule is CCC[C@H](C(N)=O)c1ccc(C(C)(C)C)cc1. The number of primary amides is 1. The first kappa shape index (κ1) is 13.8. The van der Waals surface area contributed by atoms with Gasteiger partial charge in [0.2, 0.25) is 5.91 Å². The van der Waals surface area contributed by atoms with Gasteiger partial charge in [0.25, 0.3) is 0 Å². The molecule has 94 valence electrons. The zero-order chi connectivity index (χ0) is 13.1. The van der Waals surface area contributed by atoms with Crippen LogP contribution < -0.4 is 5.73 Å². The number of nitrogens with two attached hydrogens (primary N) is 1. The molecule has 0 saturated carbocycles. The average molecular weight is 233 g/mol. The van der Waals surface area contributed by atoms with E-state index in [2.05, 4.69) is 39.8 Å². The van der Waals surface area contributed by atoms with E-state index in [1.807, 2.05) is 12.1 Å². The highest BCUT2D eigenvalue weighted by molar-refractivity contribution is 5.81. The van der Waals surface area contributed by atoms with Crippen molar-refractivity contribution >= 4 is 5.91 Å². The molecule has 1 atom stereocenters. The van der Waals surface area contributed by atoms with Gasteiger partial charge >= 0.3 is 0 Å². The van der Waals surface area contributed by atoms with E-state index in [9.17, 15) is 4.79 Å². The van der Waals surface area contributed by atoms with Crippen LogP contribution in [0.25, 0.3) is 0 Å². The molecule has 1 amide bonds. The van der Waals surface area contributed by atoms with E-state index in [4.69, 9.17) is 5.73 Å². The van der Waals surface area contributed by atoms with Crippen molar-refractivity contribution in [3.8, 4) is 0 Å². The van der Waals surface area contributed by atoms with Gasteiger partial charge in [0, 0.05) is 0 Å². The van der Waals surface area contributed by atoms with Crippen LogP contribution in [0.15, 0.2) is 24.3 Å². The van der Waals surface area contributed by atoms with Crippen LogP contribution in [0.4, 0.5) is 0 Å². The van der Waals surface area contributed by atoms with Crippen LogP contribution in [0.5, 0.6) is 0 Å². The quantitative estimate of drug-likeness (QED) is 0.851. The van der Waals surface area contributed by atoms with E-state index in [-0.39, 0.29) is 17.2 Å². The second-order valence-electron chi connectivity index (χ2n) is 5.62. The molecule has 0 aromatic heterocycles. The summed E-state index contributed by atoms with van der Waals surface area (Å²) in [5.41, 5.74) is 7.90. The van der Waals surface area contributed by atoms with E-state index in [0.29, 0.717) is 0 Å². The summed E-state index contributed by atoms with van der Waals surface area (Å²) in [4.78, 5) is 11.4. The fourth-order valence-corrected chi connectivity index (χ4v) is 1.98. The topological polar surface area (TPSA) is 43.1 Å². The van der Waals surface area contributed by atoms with Crippen molar-refractivity contribution in [2.45, 2.75) is 51.9 Å². The fourth-order valence-electron chi connectivity index (χ4n) is 1.98. The van der Waals surface area contributed by atoms with E-state index < -0.39 is 0 Å². The molecular weight excluding hydrogens is 210 g/mol. The van der Waals surface area contributed by atoms with Gasteiger partial charge in [0.15, 0.2) is 0 Å². The van der Waals surface area contributed by atoms with E-state index >= 15 is 0 Å². The van der Waals surface area contributed by atoms with Crippen molar-refractivity contribution in [1.82, 2.24) is 0 Å². The van der Waals surface area contributed by atoms with Gasteiger partial charge in [0.1, 0.15) is 0 Å². The van der Waals surface area contributed by atoms with Gasteiger partial charge in [-0.05, 0) is 23.0 Å². The van der Waals surface area contributed by atoms with E-state index in [1.165, 1.54) is 5.56 Å². The third-order valence-corrected chi connectivity index (χ3v) is 3.10. The number of hydrogen-bond acceptors (Lipinski definition) is 1. The average Bonchev–Trinajstić information content (AvgIpc) is 2.24. The van der Waals surface area contributed by atoms with Crippen LogP contribution in [0.3, 0.4) is 0 Å². The summed E-state index contributed by atoms with van der Waals surface area (Å²) in [7, 11) is 0. The highest BCUT2D eigenvalue weighted by Crippen LogP contribution is 2.26. The summed E-state index contributed by atoms with van der Waals surface area (Å²) in [6.45, 7) is 8.61. The molecule has 0 heterocycles. The van der Waals surface area contributed by atoms with Gasteiger partial charge in [-0.1, -0.05) is 58.4 Å². The molecule has 0 aliphatic rings. The lowest BCUT2D eigenvalue weighted by Gasteiger charge is -2.20. The molecular formula is C15H23NO. The molecule has 0 saturated heterocycles. The molecule has 17 heavy (non-hydrogen) atoms. The summed E-state index contributed by atoms with van der Waals surface area (Å²) in [5.74, 6) is -0.371. The molecule has 0 aliphatic heterocycles. The second-order valence-corrected chi connectivity index (χ2v) is 5.62. The molecule has 0 bridgehead atoms. The monoisotopic (exact) mass is 233 g/mol. The first-order valence-electron chi connectivity index (χ1n) is 6.26. The fraction of sp³-hybridized carbons (Fsp3) is 0.533. The molecule has 1 rings (SSSR count). The Kier molecular flexibility index (Phi) is 4.33. The number of carbonyl (C=O) groups excluding carboxylic acids is 1. The molecule has 0 fully saturated rings. The lowest BCUT2D eigenvalue weighted by Crippen LogP contribution is -2.21. The number of amides is 1. The van der Waals surface area contributed by atoms with Crippen LogP contribution in [0, 0.1) is 0 Å². The van der Waals surface area contributed by atoms with Gasteiger partial charge in [-0.25, -0.2) is 0 Å². The highest BCUT2D eigenvalue weighted by Gasteiger charge is 2.18. The van der Waals surface area contributed by atoms with E-state index in [0.717, 1.165) is 18.4 Å². The zero-order valence-corrected chi connectivity index (χ0v) is 11.3. The molecule has 2 heteroatoms. The molecule has 0 unspecified atom stereocenters. The van der Waals surface area contributed by atoms with Crippen molar-refractivity contribution < 1.29 is 4.79 Å². The molecule has 2 N–H and O–H groups in total. The first-order valence-corrected chi connectivity index (χ1v) is 6.26. The standard InChI is InChI=1S/C15H23NO/c1-5-6-13(14(16)17)11-7-9-12(10-8-11)15(2,3)4/h7-10,13H,5-6H2,1-4H3,(H2,16,17)/t13-/m0/s1. The van der Waals surface area contributed by atoms with Crippen molar-refractivity contribution in [2.75, 3.05) is 0 Å². The Hall–Kier alpha value is -1.31. The number of rotatable bonds is 4. The lowest BCUT2D eigenvalue weighted by atomic mass is 9.85. The van der Waals surface area contributed by atoms with Crippen LogP contribution in [0.2, 0.25) is 0 Å². The Morgan fingerprint density at radius 2 is 1.76 bits per heavy atom. The maximum atomic E-state index is 11.4. The van der Waals surface area contributed by atoms with Crippen LogP contribution in [-0.4, -0.2) is 5.91 Å². The predicted molar refractivity (Wildman–Crippen MR) is 72.0 cm³/mol. The Morgan fingerprint density at radius 1 is 1.24 bits per heavy atom. The van der Waals surface area contributed by atoms with Gasteiger partial charge in [-0.15, -0.1) is 0 Å². The van der Waals surface area contributed by atoms with Crippen LogP contribution >= 0.6 is 0 Å². The number of hydrogen-bond donors (Lipinski definition) is 1. The summed E-state index contributed by atoms with van der Waals surface area (Å²) in [6.07, 6.45) is 1.79. The van der Waals surface area contributed by atoms with Gasteiger partial charge in [-0.3, -0.25) is 4.79 Å². The molecule has 1 aromatic carbocycles. The second kappa shape index (κ2) is 5.35. The minimum atomic E-state index is -0.227. The van der Waals surface area contributed by atoms with Crippen molar-refractivity contribution in [3.63, 3.8) is 0 Å². The Balaban J connectivity index is 2.96. The maximum absolute atomic E-state index is 11.4. The Bertz CT molecular complexity index is 373. The molecule has 0 radical (unpaired) electrons. The summed E-state index contributed by atoms with van der Waals surface area (Å²) in [5, 5.41) is 0. The van der Waals surface area contributed by atoms with Crippen LogP contribution in [-0.2, 0) is 10.2 Å². The maximum Gasteiger partial charge on any atom is 0.224 e. The van der Waals surface area contributed by atoms with Crippen molar-refractivity contribution in [3.05, 3.63) is 35.4 Å². The molecule has 0 spiro atoms. The highest BCUT2D eigenvalue weighted by atomic mass is 16.1. The number of carbonyl (C=O) groups is 1. The summed E-state index contributed by atoms with van der Waals surface area (Å²) < 4.78 is 0. The third kappa shape index (κ3) is 3.58. The van der Waals surface area contributed by atoms with Gasteiger partial charge < -0.3 is 5.73 Å². The third-order valence-electron chi connectivity index (χ3n) is 3.10. The Labute approximate surface area is 104 Å². The Morgan fingerprint density at radius 3 is 2.12 bits per heavy atom. The lowest BCUT2D eigenvalue weighted by molar-refractivity contribution is -0.119. The van der Waals surface area contributed by atoms with Gasteiger partial charge in [-0.2, -0.15) is 0 Å². The molecule has 1 aromatic rings. The summed E-state index contributed by atoms with van der Waals surface area (Å²) >= 11 is 0. The first-order chi connectivity index (χ1) is 7.86. The molecule has 0 aliphatic carbocycles. The zero-order valence-electron chi connectivity index (χ0n) is 11.3. The smallest absolute Gasteiger partial charge is 0.224 e. The predicted octanol–water partition coefficient (Wildman–Crippen LogP) is 3.35. The minimum absolute atomic E-state index is 0.144.